The lowest BCUT2D eigenvalue weighted by Gasteiger charge is -2.13. The topological polar surface area (TPSA) is 27.1 Å². The minimum Gasteiger partial charge on any atom is -0.361 e. The molecular formula is C13H11Cl2F3N2O. The molecule has 0 fully saturated rings. The zero-order valence-electron chi connectivity index (χ0n) is 10.9. The number of aromatic nitrogens is 2. The van der Waals surface area contributed by atoms with Crippen LogP contribution in [0.5, 0.6) is 0 Å². The van der Waals surface area contributed by atoms with Crippen molar-refractivity contribution in [3.8, 4) is 11.3 Å². The number of hydrogen-bond donors (Lipinski definition) is 0. The van der Waals surface area contributed by atoms with E-state index in [-0.39, 0.29) is 24.2 Å². The predicted octanol–water partition coefficient (Wildman–Crippen LogP) is 4.87. The Balaban J connectivity index is 2.58. The van der Waals surface area contributed by atoms with Crippen LogP contribution in [0.4, 0.5) is 13.2 Å². The van der Waals surface area contributed by atoms with Crippen molar-refractivity contribution in [3.05, 3.63) is 40.3 Å². The van der Waals surface area contributed by atoms with E-state index in [1.54, 1.807) is 31.2 Å². The van der Waals surface area contributed by atoms with E-state index in [1.165, 1.54) is 0 Å². The normalized spacial score (nSPS) is 11.9. The highest BCUT2D eigenvalue weighted by atomic mass is 35.5. The van der Waals surface area contributed by atoms with Crippen molar-refractivity contribution in [2.24, 2.45) is 0 Å². The maximum Gasteiger partial charge on any atom is 0.449 e. The number of rotatable bonds is 4. The van der Waals surface area contributed by atoms with Gasteiger partial charge in [-0.15, -0.1) is 0 Å². The number of benzene rings is 1. The predicted molar refractivity (Wildman–Crippen MR) is 74.3 cm³/mol. The fraction of sp³-hybridized carbons (Fsp3) is 0.308. The van der Waals surface area contributed by atoms with Crippen molar-refractivity contribution in [1.29, 1.82) is 0 Å². The highest BCUT2D eigenvalue weighted by molar-refractivity contribution is 6.32. The Morgan fingerprint density at radius 2 is 1.81 bits per heavy atom. The smallest absolute Gasteiger partial charge is 0.361 e. The molecule has 0 radical (unpaired) electrons. The molecule has 0 unspecified atom stereocenters. The Kier molecular flexibility index (Phi) is 4.81. The fourth-order valence-electron chi connectivity index (χ4n) is 1.83. The van der Waals surface area contributed by atoms with Gasteiger partial charge in [0.2, 0.25) is 5.82 Å². The molecular weight excluding hydrogens is 328 g/mol. The lowest BCUT2D eigenvalue weighted by Crippen LogP contribution is -2.17. The minimum atomic E-state index is -4.62. The van der Waals surface area contributed by atoms with Crippen LogP contribution in [0.3, 0.4) is 0 Å². The van der Waals surface area contributed by atoms with Gasteiger partial charge in [0.25, 0.3) is 0 Å². The Hall–Kier alpha value is -1.24. The van der Waals surface area contributed by atoms with E-state index >= 15 is 0 Å². The van der Waals surface area contributed by atoms with Gasteiger partial charge in [0.1, 0.15) is 6.73 Å². The second-order valence-corrected chi connectivity index (χ2v) is 4.92. The summed E-state index contributed by atoms with van der Waals surface area (Å²) in [6.07, 6.45) is -4.62. The van der Waals surface area contributed by atoms with Gasteiger partial charge in [-0.2, -0.15) is 13.2 Å². The molecule has 114 valence electrons. The third-order valence-electron chi connectivity index (χ3n) is 2.72. The van der Waals surface area contributed by atoms with Crippen molar-refractivity contribution in [3.63, 3.8) is 0 Å². The summed E-state index contributed by atoms with van der Waals surface area (Å²) < 4.78 is 45.1. The summed E-state index contributed by atoms with van der Waals surface area (Å²) in [5, 5.41) is 0.242. The average Bonchev–Trinajstić information content (AvgIpc) is 2.74. The summed E-state index contributed by atoms with van der Waals surface area (Å²) in [6, 6.07) is 6.29. The SMILES string of the molecule is CCOCn1c(C(F)(F)F)nc(Cl)c1-c1ccc(Cl)cc1. The number of halogens is 5. The molecule has 2 aromatic rings. The standard InChI is InChI=1S/C13H11Cl2F3N2O/c1-2-21-7-20-10(8-3-5-9(14)6-4-8)11(15)19-12(20)13(16,17)18/h3-6H,2,7H2,1H3. The molecule has 0 saturated heterocycles. The molecule has 0 N–H and O–H groups in total. The first-order chi connectivity index (χ1) is 9.84. The molecule has 1 aromatic heterocycles. The molecule has 0 bridgehead atoms. The second kappa shape index (κ2) is 6.25. The van der Waals surface area contributed by atoms with Crippen molar-refractivity contribution < 1.29 is 17.9 Å². The van der Waals surface area contributed by atoms with Gasteiger partial charge in [0.15, 0.2) is 5.15 Å². The van der Waals surface area contributed by atoms with Crippen molar-refractivity contribution in [2.45, 2.75) is 19.8 Å². The van der Waals surface area contributed by atoms with Crippen LogP contribution in [0, 0.1) is 0 Å². The lowest BCUT2D eigenvalue weighted by molar-refractivity contribution is -0.149. The third kappa shape index (κ3) is 3.51. The minimum absolute atomic E-state index is 0.147. The molecule has 0 saturated carbocycles. The number of hydrogen-bond acceptors (Lipinski definition) is 2. The van der Waals surface area contributed by atoms with Crippen LogP contribution < -0.4 is 0 Å². The molecule has 0 aliphatic carbocycles. The summed E-state index contributed by atoms with van der Waals surface area (Å²) in [5.74, 6) is -1.09. The average molecular weight is 339 g/mol. The van der Waals surface area contributed by atoms with Crippen LogP contribution in [0.2, 0.25) is 10.2 Å². The van der Waals surface area contributed by atoms with Crippen LogP contribution in [0.15, 0.2) is 24.3 Å². The molecule has 0 aliphatic rings. The van der Waals surface area contributed by atoms with Gasteiger partial charge in [0.05, 0.1) is 5.69 Å². The summed E-state index contributed by atoms with van der Waals surface area (Å²) >= 11 is 11.7. The molecule has 0 spiro atoms. The Morgan fingerprint density at radius 3 is 2.33 bits per heavy atom. The number of alkyl halides is 3. The van der Waals surface area contributed by atoms with Gasteiger partial charge < -0.3 is 4.74 Å². The van der Waals surface area contributed by atoms with Crippen LogP contribution in [-0.2, 0) is 17.6 Å². The quantitative estimate of drug-likeness (QED) is 0.795. The second-order valence-electron chi connectivity index (χ2n) is 4.13. The lowest BCUT2D eigenvalue weighted by atomic mass is 10.2. The Labute approximate surface area is 129 Å². The molecule has 2 rings (SSSR count). The highest BCUT2D eigenvalue weighted by Gasteiger charge is 2.39. The van der Waals surface area contributed by atoms with E-state index in [1.807, 2.05) is 0 Å². The molecule has 1 heterocycles. The Bertz CT molecular complexity index is 624. The first-order valence-electron chi connectivity index (χ1n) is 6.01. The van der Waals surface area contributed by atoms with E-state index in [9.17, 15) is 13.2 Å². The van der Waals surface area contributed by atoms with Crippen LogP contribution in [-0.4, -0.2) is 16.2 Å². The molecule has 0 atom stereocenters. The summed E-state index contributed by atoms with van der Waals surface area (Å²) in [7, 11) is 0. The summed E-state index contributed by atoms with van der Waals surface area (Å²) in [5.41, 5.74) is 0.626. The zero-order valence-corrected chi connectivity index (χ0v) is 12.4. The molecule has 8 heteroatoms. The summed E-state index contributed by atoms with van der Waals surface area (Å²) in [4.78, 5) is 3.42. The zero-order chi connectivity index (χ0) is 15.6. The van der Waals surface area contributed by atoms with Gasteiger partial charge in [-0.3, -0.25) is 4.57 Å². The van der Waals surface area contributed by atoms with E-state index < -0.39 is 12.0 Å². The maximum absolute atomic E-state index is 13.0. The van der Waals surface area contributed by atoms with Crippen LogP contribution in [0.25, 0.3) is 11.3 Å². The van der Waals surface area contributed by atoms with Gasteiger partial charge in [-0.25, -0.2) is 4.98 Å². The first-order valence-corrected chi connectivity index (χ1v) is 6.77. The van der Waals surface area contributed by atoms with Crippen molar-refractivity contribution in [1.82, 2.24) is 9.55 Å². The van der Waals surface area contributed by atoms with E-state index in [0.717, 1.165) is 4.57 Å². The van der Waals surface area contributed by atoms with Gasteiger partial charge in [-0.1, -0.05) is 35.3 Å². The van der Waals surface area contributed by atoms with E-state index in [4.69, 9.17) is 27.9 Å². The van der Waals surface area contributed by atoms with Crippen LogP contribution in [0.1, 0.15) is 12.7 Å². The molecule has 1 aromatic carbocycles. The fourth-order valence-corrected chi connectivity index (χ4v) is 2.25. The van der Waals surface area contributed by atoms with Crippen LogP contribution >= 0.6 is 23.2 Å². The molecule has 0 amide bonds. The third-order valence-corrected chi connectivity index (χ3v) is 3.24. The van der Waals surface area contributed by atoms with Crippen molar-refractivity contribution >= 4 is 23.2 Å². The largest absolute Gasteiger partial charge is 0.449 e. The van der Waals surface area contributed by atoms with Gasteiger partial charge in [-0.05, 0) is 19.1 Å². The molecule has 0 aliphatic heterocycles. The van der Waals surface area contributed by atoms with E-state index in [0.29, 0.717) is 10.6 Å². The number of ether oxygens (including phenoxy) is 1. The van der Waals surface area contributed by atoms with E-state index in [2.05, 4.69) is 4.98 Å². The monoisotopic (exact) mass is 338 g/mol. The number of imidazole rings is 1. The Morgan fingerprint density at radius 1 is 1.19 bits per heavy atom. The van der Waals surface area contributed by atoms with Crippen molar-refractivity contribution in [2.75, 3.05) is 6.61 Å². The van der Waals surface area contributed by atoms with Gasteiger partial charge >= 0.3 is 6.18 Å². The first kappa shape index (κ1) is 16.1. The molecule has 3 nitrogen and oxygen atoms in total. The molecule has 21 heavy (non-hydrogen) atoms. The highest BCUT2D eigenvalue weighted by Crippen LogP contribution is 2.36. The summed E-state index contributed by atoms with van der Waals surface area (Å²) in [6.45, 7) is 1.67. The van der Waals surface area contributed by atoms with Gasteiger partial charge in [0, 0.05) is 17.2 Å². The maximum atomic E-state index is 13.0. The number of nitrogens with zero attached hydrogens (tertiary/aromatic N) is 2.